The van der Waals surface area contributed by atoms with Gasteiger partial charge in [-0.3, -0.25) is 4.79 Å². The molecule has 0 fully saturated rings. The number of hydrogen-bond acceptors (Lipinski definition) is 5. The summed E-state index contributed by atoms with van der Waals surface area (Å²) in [6, 6.07) is 20.0. The van der Waals surface area contributed by atoms with Crippen LogP contribution >= 0.6 is 11.8 Å². The number of nitrogens with one attached hydrogen (secondary N) is 1. The van der Waals surface area contributed by atoms with Crippen molar-refractivity contribution < 1.29 is 17.9 Å². The van der Waals surface area contributed by atoms with Gasteiger partial charge in [0, 0.05) is 34.4 Å². The molecule has 5 rings (SSSR count). The summed E-state index contributed by atoms with van der Waals surface area (Å²) in [7, 11) is -3.68. The van der Waals surface area contributed by atoms with Crippen molar-refractivity contribution in [2.75, 3.05) is 18.6 Å². The molecular formula is C24H22N2O4S2. The molecule has 6 nitrogen and oxygen atoms in total. The Morgan fingerprint density at radius 3 is 2.66 bits per heavy atom. The standard InChI is InChI=1S/C24H22N2O4S2/c1-32(28,29)25-24(27)23-19(18-9-5-11-21-22(18)26(23)13-15-31-21)12-14-30-20-10-4-7-16-6-2-3-8-17(16)20/h2-11H,12-15H2,1H3,(H,25,27). The number of hydrogen-bond donors (Lipinski definition) is 1. The molecule has 8 heteroatoms. The lowest BCUT2D eigenvalue weighted by Crippen LogP contribution is -2.32. The van der Waals surface area contributed by atoms with E-state index in [-0.39, 0.29) is 0 Å². The second-order valence-corrected chi connectivity index (χ2v) is 10.6. The van der Waals surface area contributed by atoms with E-state index in [0.717, 1.165) is 49.9 Å². The van der Waals surface area contributed by atoms with Gasteiger partial charge in [0.1, 0.15) is 11.4 Å². The molecule has 1 amide bonds. The lowest BCUT2D eigenvalue weighted by molar-refractivity contribution is 0.0972. The number of ether oxygens (including phenoxy) is 1. The van der Waals surface area contributed by atoms with Crippen molar-refractivity contribution in [3.8, 4) is 5.75 Å². The summed E-state index contributed by atoms with van der Waals surface area (Å²) in [4.78, 5) is 14.1. The van der Waals surface area contributed by atoms with Gasteiger partial charge in [0.2, 0.25) is 10.0 Å². The van der Waals surface area contributed by atoms with Crippen molar-refractivity contribution in [2.24, 2.45) is 0 Å². The number of aromatic nitrogens is 1. The van der Waals surface area contributed by atoms with Crippen LogP contribution in [0.5, 0.6) is 5.75 Å². The molecular weight excluding hydrogens is 444 g/mol. The minimum absolute atomic E-state index is 0.365. The van der Waals surface area contributed by atoms with E-state index in [1.807, 2.05) is 65.2 Å². The van der Waals surface area contributed by atoms with E-state index in [9.17, 15) is 13.2 Å². The maximum absolute atomic E-state index is 13.0. The fourth-order valence-electron chi connectivity index (χ4n) is 4.35. The van der Waals surface area contributed by atoms with E-state index >= 15 is 0 Å². The Balaban J connectivity index is 1.52. The lowest BCUT2D eigenvalue weighted by Gasteiger charge is -2.17. The quantitative estimate of drug-likeness (QED) is 0.461. The number of carbonyl (C=O) groups excluding carboxylic acids is 1. The number of thioether (sulfide) groups is 1. The molecule has 0 saturated heterocycles. The fourth-order valence-corrected chi connectivity index (χ4v) is 5.81. The zero-order chi connectivity index (χ0) is 22.3. The van der Waals surface area contributed by atoms with Crippen molar-refractivity contribution in [1.82, 2.24) is 9.29 Å². The van der Waals surface area contributed by atoms with Crippen LogP contribution in [0.15, 0.2) is 65.6 Å². The summed E-state index contributed by atoms with van der Waals surface area (Å²) in [5.41, 5.74) is 2.20. The monoisotopic (exact) mass is 466 g/mol. The molecule has 0 unspecified atom stereocenters. The number of fused-ring (bicyclic) bond motifs is 1. The molecule has 0 aliphatic carbocycles. The number of carbonyl (C=O) groups is 1. The smallest absolute Gasteiger partial charge is 0.281 e. The first-order valence-corrected chi connectivity index (χ1v) is 13.2. The molecule has 1 N–H and O–H groups in total. The predicted octanol–water partition coefficient (Wildman–Crippen LogP) is 4.21. The van der Waals surface area contributed by atoms with Crippen LogP contribution in [-0.2, 0) is 23.0 Å². The molecule has 0 bridgehead atoms. The van der Waals surface area contributed by atoms with Crippen molar-refractivity contribution in [3.05, 3.63) is 71.9 Å². The average Bonchev–Trinajstić information content (AvgIpc) is 3.08. The summed E-state index contributed by atoms with van der Waals surface area (Å²) < 4.78 is 33.8. The molecule has 0 atom stereocenters. The van der Waals surface area contributed by atoms with Crippen LogP contribution in [0.4, 0.5) is 0 Å². The Hall–Kier alpha value is -2.97. The maximum Gasteiger partial charge on any atom is 0.281 e. The summed E-state index contributed by atoms with van der Waals surface area (Å²) in [6.45, 7) is 1.01. The van der Waals surface area contributed by atoms with Crippen molar-refractivity contribution in [3.63, 3.8) is 0 Å². The van der Waals surface area contributed by atoms with Gasteiger partial charge in [-0.25, -0.2) is 13.1 Å². The van der Waals surface area contributed by atoms with Crippen molar-refractivity contribution in [1.29, 1.82) is 0 Å². The highest BCUT2D eigenvalue weighted by Gasteiger charge is 2.27. The van der Waals surface area contributed by atoms with Gasteiger partial charge in [0.05, 0.1) is 18.4 Å². The molecule has 3 aromatic carbocycles. The molecule has 0 spiro atoms. The normalized spacial score (nSPS) is 13.4. The largest absolute Gasteiger partial charge is 0.493 e. The summed E-state index contributed by atoms with van der Waals surface area (Å²) in [5.74, 6) is 1.02. The molecule has 1 aliphatic rings. The van der Waals surface area contributed by atoms with E-state index in [0.29, 0.717) is 25.3 Å². The van der Waals surface area contributed by atoms with Crippen LogP contribution in [0.1, 0.15) is 16.1 Å². The van der Waals surface area contributed by atoms with Crippen LogP contribution in [0.3, 0.4) is 0 Å². The van der Waals surface area contributed by atoms with E-state index in [1.165, 1.54) is 0 Å². The third-order valence-electron chi connectivity index (χ3n) is 5.57. The molecule has 0 radical (unpaired) electrons. The number of benzene rings is 3. The van der Waals surface area contributed by atoms with E-state index < -0.39 is 15.9 Å². The molecule has 164 valence electrons. The number of para-hydroxylation sites is 1. The molecule has 1 aromatic heterocycles. The Kier molecular flexibility index (Phi) is 5.35. The van der Waals surface area contributed by atoms with Gasteiger partial charge in [0.25, 0.3) is 5.91 Å². The highest BCUT2D eigenvalue weighted by molar-refractivity contribution is 7.99. The molecule has 32 heavy (non-hydrogen) atoms. The number of rotatable bonds is 6. The first-order valence-electron chi connectivity index (χ1n) is 10.3. The van der Waals surface area contributed by atoms with Crippen LogP contribution in [0.25, 0.3) is 21.7 Å². The summed E-state index contributed by atoms with van der Waals surface area (Å²) in [5, 5.41) is 3.10. The second-order valence-electron chi connectivity index (χ2n) is 7.76. The first kappa shape index (κ1) is 20.9. The van der Waals surface area contributed by atoms with Crippen molar-refractivity contribution >= 4 is 49.4 Å². The van der Waals surface area contributed by atoms with Crippen LogP contribution in [0, 0.1) is 0 Å². The van der Waals surface area contributed by atoms with Gasteiger partial charge >= 0.3 is 0 Å². The molecule has 0 saturated carbocycles. The maximum atomic E-state index is 13.0. The van der Waals surface area contributed by atoms with Gasteiger partial charge in [-0.1, -0.05) is 48.5 Å². The zero-order valence-electron chi connectivity index (χ0n) is 17.5. The Bertz CT molecular complexity index is 1450. The SMILES string of the molecule is CS(=O)(=O)NC(=O)c1c(CCOc2cccc3ccccc23)c2cccc3c2n1CCS3. The second kappa shape index (κ2) is 8.18. The minimum Gasteiger partial charge on any atom is -0.493 e. The Labute approximate surface area is 190 Å². The van der Waals surface area contributed by atoms with Gasteiger partial charge in [-0.15, -0.1) is 11.8 Å². The zero-order valence-corrected chi connectivity index (χ0v) is 19.1. The Morgan fingerprint density at radius 1 is 1.06 bits per heavy atom. The molecule has 2 heterocycles. The predicted molar refractivity (Wildman–Crippen MR) is 128 cm³/mol. The first-order chi connectivity index (χ1) is 15.4. The molecule has 1 aliphatic heterocycles. The minimum atomic E-state index is -3.68. The van der Waals surface area contributed by atoms with E-state index in [1.54, 1.807) is 11.8 Å². The van der Waals surface area contributed by atoms with Gasteiger partial charge < -0.3 is 9.30 Å². The summed E-state index contributed by atoms with van der Waals surface area (Å²) >= 11 is 1.75. The third-order valence-corrected chi connectivity index (χ3v) is 7.16. The van der Waals surface area contributed by atoms with Gasteiger partial charge in [-0.2, -0.15) is 0 Å². The highest BCUT2D eigenvalue weighted by Crippen LogP contribution is 2.38. The fraction of sp³-hybridized carbons (Fsp3) is 0.208. The van der Waals surface area contributed by atoms with E-state index in [4.69, 9.17) is 4.74 Å². The Morgan fingerprint density at radius 2 is 1.81 bits per heavy atom. The summed E-state index contributed by atoms with van der Waals surface area (Å²) in [6.07, 6.45) is 1.47. The number of aryl methyl sites for hydroxylation is 1. The van der Waals surface area contributed by atoms with E-state index in [2.05, 4.69) is 4.72 Å². The highest BCUT2D eigenvalue weighted by atomic mass is 32.2. The number of amides is 1. The number of nitrogens with zero attached hydrogens (tertiary/aromatic N) is 1. The number of sulfonamides is 1. The van der Waals surface area contributed by atoms with Crippen LogP contribution in [-0.4, -0.2) is 37.5 Å². The van der Waals surface area contributed by atoms with Crippen LogP contribution < -0.4 is 9.46 Å². The third kappa shape index (κ3) is 3.84. The van der Waals surface area contributed by atoms with Gasteiger partial charge in [0.15, 0.2) is 0 Å². The topological polar surface area (TPSA) is 77.4 Å². The average molecular weight is 467 g/mol. The van der Waals surface area contributed by atoms with Crippen LogP contribution in [0.2, 0.25) is 0 Å². The lowest BCUT2D eigenvalue weighted by atomic mass is 10.1. The van der Waals surface area contributed by atoms with Crippen molar-refractivity contribution in [2.45, 2.75) is 17.9 Å². The molecule has 4 aromatic rings. The van der Waals surface area contributed by atoms with Gasteiger partial charge in [-0.05, 0) is 23.1 Å².